The van der Waals surface area contributed by atoms with Gasteiger partial charge in [-0.05, 0) is 12.1 Å². The molecular weight excluding hydrogens is 407 g/mol. The monoisotopic (exact) mass is 423 g/mol. The van der Waals surface area contributed by atoms with Crippen LogP contribution >= 0.6 is 11.3 Å². The second-order valence-corrected chi connectivity index (χ2v) is 8.52. The van der Waals surface area contributed by atoms with Gasteiger partial charge in [-0.2, -0.15) is 13.2 Å². The van der Waals surface area contributed by atoms with E-state index in [2.05, 4.69) is 15.0 Å². The number of thiazole rings is 1. The second kappa shape index (κ2) is 8.33. The van der Waals surface area contributed by atoms with Crippen LogP contribution in [0.1, 0.15) is 0 Å². The van der Waals surface area contributed by atoms with Gasteiger partial charge in [0.05, 0.1) is 10.6 Å². The van der Waals surface area contributed by atoms with Gasteiger partial charge in [0.2, 0.25) is 10.0 Å². The number of aromatic nitrogens is 1. The number of hydrogen-bond donors (Lipinski definition) is 1. The Hall–Kier alpha value is -2.02. The SMILES string of the molecule is CN(C)S(=O)(=O)c1ccc(-c2csc(NC(=O)COCC(F)(F)F)n2)cc1. The van der Waals surface area contributed by atoms with E-state index in [1.165, 1.54) is 26.2 Å². The first-order chi connectivity index (χ1) is 12.5. The van der Waals surface area contributed by atoms with Crippen LogP contribution in [0.5, 0.6) is 0 Å². The molecular formula is C15H16F3N3O4S2. The minimum Gasteiger partial charge on any atom is -0.362 e. The van der Waals surface area contributed by atoms with Gasteiger partial charge in [0.25, 0.3) is 5.91 Å². The molecule has 1 heterocycles. The molecule has 148 valence electrons. The molecule has 0 fully saturated rings. The van der Waals surface area contributed by atoms with Crippen molar-refractivity contribution in [3.05, 3.63) is 29.6 Å². The summed E-state index contributed by atoms with van der Waals surface area (Å²) < 4.78 is 65.3. The first kappa shape index (κ1) is 21.3. The van der Waals surface area contributed by atoms with Crippen LogP contribution in [-0.2, 0) is 19.6 Å². The molecule has 1 aromatic heterocycles. The number of nitrogens with zero attached hydrogens (tertiary/aromatic N) is 2. The summed E-state index contributed by atoms with van der Waals surface area (Å²) in [6.45, 7) is -2.25. The molecule has 0 saturated heterocycles. The Balaban J connectivity index is 2.00. The lowest BCUT2D eigenvalue weighted by atomic mass is 10.2. The molecule has 0 aliphatic carbocycles. The van der Waals surface area contributed by atoms with Crippen molar-refractivity contribution >= 4 is 32.4 Å². The molecule has 0 radical (unpaired) electrons. The van der Waals surface area contributed by atoms with Crippen LogP contribution in [0.3, 0.4) is 0 Å². The highest BCUT2D eigenvalue weighted by Gasteiger charge is 2.27. The van der Waals surface area contributed by atoms with Gasteiger partial charge in [-0.1, -0.05) is 12.1 Å². The predicted molar refractivity (Wildman–Crippen MR) is 93.9 cm³/mol. The Labute approximate surface area is 157 Å². The number of halogens is 3. The Morgan fingerprint density at radius 3 is 2.44 bits per heavy atom. The van der Waals surface area contributed by atoms with E-state index < -0.39 is 35.3 Å². The number of anilines is 1. The topological polar surface area (TPSA) is 88.6 Å². The quantitative estimate of drug-likeness (QED) is 0.740. The van der Waals surface area contributed by atoms with E-state index >= 15 is 0 Å². The number of nitrogens with one attached hydrogen (secondary N) is 1. The normalized spacial score (nSPS) is 12.4. The summed E-state index contributed by atoms with van der Waals surface area (Å²) in [7, 11) is -0.686. The summed E-state index contributed by atoms with van der Waals surface area (Å²) in [5, 5.41) is 4.16. The summed E-state index contributed by atoms with van der Waals surface area (Å²) in [6, 6.07) is 6.02. The summed E-state index contributed by atoms with van der Waals surface area (Å²) in [4.78, 5) is 15.8. The van der Waals surface area contributed by atoms with Crippen LogP contribution in [0.15, 0.2) is 34.5 Å². The fourth-order valence-electron chi connectivity index (χ4n) is 1.89. The average molecular weight is 423 g/mol. The fourth-order valence-corrected chi connectivity index (χ4v) is 3.52. The van der Waals surface area contributed by atoms with E-state index in [9.17, 15) is 26.4 Å². The number of alkyl halides is 3. The van der Waals surface area contributed by atoms with Crippen molar-refractivity contribution in [1.29, 1.82) is 0 Å². The first-order valence-corrected chi connectivity index (χ1v) is 9.74. The number of carbonyl (C=O) groups excluding carboxylic acids is 1. The summed E-state index contributed by atoms with van der Waals surface area (Å²) in [5.74, 6) is -0.757. The minimum absolute atomic E-state index is 0.127. The van der Waals surface area contributed by atoms with Crippen LogP contribution in [0.25, 0.3) is 11.3 Å². The Kier molecular flexibility index (Phi) is 6.57. The number of carbonyl (C=O) groups is 1. The molecule has 0 aliphatic rings. The number of rotatable bonds is 7. The van der Waals surface area contributed by atoms with Crippen LogP contribution in [-0.4, -0.2) is 57.1 Å². The summed E-state index contributed by atoms with van der Waals surface area (Å²) in [6.07, 6.45) is -4.50. The van der Waals surface area contributed by atoms with Gasteiger partial charge in [0, 0.05) is 25.0 Å². The van der Waals surface area contributed by atoms with E-state index in [0.717, 1.165) is 15.6 Å². The maximum atomic E-state index is 12.0. The molecule has 27 heavy (non-hydrogen) atoms. The van der Waals surface area contributed by atoms with Crippen molar-refractivity contribution in [3.8, 4) is 11.3 Å². The number of benzene rings is 1. The molecule has 0 bridgehead atoms. The molecule has 1 amide bonds. The summed E-state index contributed by atoms with van der Waals surface area (Å²) in [5.41, 5.74) is 1.11. The zero-order valence-electron chi connectivity index (χ0n) is 14.3. The lowest BCUT2D eigenvalue weighted by Crippen LogP contribution is -2.23. The number of amides is 1. The molecule has 0 aliphatic heterocycles. The van der Waals surface area contributed by atoms with Crippen molar-refractivity contribution in [2.75, 3.05) is 32.6 Å². The van der Waals surface area contributed by atoms with Gasteiger partial charge in [0.15, 0.2) is 5.13 Å². The molecule has 2 aromatic rings. The van der Waals surface area contributed by atoms with Crippen LogP contribution in [0, 0.1) is 0 Å². The second-order valence-electron chi connectivity index (χ2n) is 5.51. The van der Waals surface area contributed by atoms with Gasteiger partial charge in [-0.15, -0.1) is 11.3 Å². The maximum Gasteiger partial charge on any atom is 0.411 e. The fraction of sp³-hybridized carbons (Fsp3) is 0.333. The Morgan fingerprint density at radius 2 is 1.89 bits per heavy atom. The zero-order chi connectivity index (χ0) is 20.2. The molecule has 0 saturated carbocycles. The lowest BCUT2D eigenvalue weighted by Gasteiger charge is -2.11. The van der Waals surface area contributed by atoms with E-state index in [-0.39, 0.29) is 10.0 Å². The van der Waals surface area contributed by atoms with Crippen LogP contribution < -0.4 is 5.32 Å². The number of hydrogen-bond acceptors (Lipinski definition) is 6. The number of sulfonamides is 1. The molecule has 1 aromatic carbocycles. The van der Waals surface area contributed by atoms with Crippen molar-refractivity contribution in [3.63, 3.8) is 0 Å². The Morgan fingerprint density at radius 1 is 1.26 bits per heavy atom. The van der Waals surface area contributed by atoms with Crippen molar-refractivity contribution in [2.45, 2.75) is 11.1 Å². The Bertz CT molecular complexity index is 894. The van der Waals surface area contributed by atoms with Gasteiger partial charge in [-0.3, -0.25) is 10.1 Å². The van der Waals surface area contributed by atoms with E-state index in [1.807, 2.05) is 0 Å². The summed E-state index contributed by atoms with van der Waals surface area (Å²) >= 11 is 1.08. The van der Waals surface area contributed by atoms with Crippen molar-refractivity contribution in [2.24, 2.45) is 0 Å². The average Bonchev–Trinajstić information content (AvgIpc) is 3.02. The molecule has 1 N–H and O–H groups in total. The third kappa shape index (κ3) is 5.99. The molecule has 7 nitrogen and oxygen atoms in total. The highest BCUT2D eigenvalue weighted by Crippen LogP contribution is 2.26. The van der Waals surface area contributed by atoms with Gasteiger partial charge >= 0.3 is 6.18 Å². The highest BCUT2D eigenvalue weighted by atomic mass is 32.2. The lowest BCUT2D eigenvalue weighted by molar-refractivity contribution is -0.174. The molecule has 12 heteroatoms. The standard InChI is InChI=1S/C15H16F3N3O4S2/c1-21(2)27(23,24)11-5-3-10(4-6-11)12-8-26-14(19-12)20-13(22)7-25-9-15(16,17)18/h3-6,8H,7,9H2,1-2H3,(H,19,20,22). The molecule has 0 spiro atoms. The number of ether oxygens (including phenoxy) is 1. The third-order valence-electron chi connectivity index (χ3n) is 3.18. The van der Waals surface area contributed by atoms with E-state index in [1.54, 1.807) is 17.5 Å². The molecule has 0 unspecified atom stereocenters. The molecule has 2 rings (SSSR count). The van der Waals surface area contributed by atoms with E-state index in [0.29, 0.717) is 11.3 Å². The van der Waals surface area contributed by atoms with Crippen molar-refractivity contribution < 1.29 is 31.1 Å². The first-order valence-electron chi connectivity index (χ1n) is 7.42. The van der Waals surface area contributed by atoms with Crippen molar-refractivity contribution in [1.82, 2.24) is 9.29 Å². The maximum absolute atomic E-state index is 12.0. The van der Waals surface area contributed by atoms with Gasteiger partial charge in [0.1, 0.15) is 13.2 Å². The molecule has 0 atom stereocenters. The minimum atomic E-state index is -4.50. The van der Waals surface area contributed by atoms with E-state index in [4.69, 9.17) is 0 Å². The predicted octanol–water partition coefficient (Wildman–Crippen LogP) is 2.58. The largest absolute Gasteiger partial charge is 0.411 e. The van der Waals surface area contributed by atoms with Gasteiger partial charge in [-0.25, -0.2) is 17.7 Å². The van der Waals surface area contributed by atoms with Crippen LogP contribution in [0.4, 0.5) is 18.3 Å². The third-order valence-corrected chi connectivity index (χ3v) is 5.77. The smallest absolute Gasteiger partial charge is 0.362 e. The zero-order valence-corrected chi connectivity index (χ0v) is 15.9. The van der Waals surface area contributed by atoms with Gasteiger partial charge < -0.3 is 4.74 Å². The van der Waals surface area contributed by atoms with Crippen LogP contribution in [0.2, 0.25) is 0 Å². The highest BCUT2D eigenvalue weighted by molar-refractivity contribution is 7.89.